The van der Waals surface area contributed by atoms with E-state index < -0.39 is 97.5 Å². The van der Waals surface area contributed by atoms with E-state index in [1.807, 2.05) is 0 Å². The smallest absolute Gasteiger partial charge is 0.462 e. The van der Waals surface area contributed by atoms with Gasteiger partial charge in [0.1, 0.15) is 19.3 Å². The third-order valence-electron chi connectivity index (χ3n) is 18.1. The average molecular weight is 1400 g/mol. The second-order valence-electron chi connectivity index (χ2n) is 28.1. The van der Waals surface area contributed by atoms with Crippen LogP contribution < -0.4 is 0 Å². The molecule has 564 valence electrons. The average Bonchev–Trinajstić information content (AvgIpc) is 1.90. The number of hydrogen-bond donors (Lipinski definition) is 3. The van der Waals surface area contributed by atoms with Gasteiger partial charge in [-0.05, 0) is 37.5 Å². The lowest BCUT2D eigenvalue weighted by molar-refractivity contribution is -0.161. The molecule has 0 heterocycles. The first kappa shape index (κ1) is 93.1. The Morgan fingerprint density at radius 3 is 0.800 bits per heavy atom. The van der Waals surface area contributed by atoms with Gasteiger partial charge in [-0.25, -0.2) is 9.13 Å². The molecule has 0 rings (SSSR count). The first-order valence-corrected chi connectivity index (χ1v) is 42.5. The highest BCUT2D eigenvalue weighted by atomic mass is 31.2. The van der Waals surface area contributed by atoms with E-state index in [0.717, 1.165) is 108 Å². The number of ether oxygens (including phenoxy) is 4. The van der Waals surface area contributed by atoms with E-state index in [0.29, 0.717) is 25.7 Å². The number of carbonyl (C=O) groups excluding carboxylic acids is 4. The first-order valence-electron chi connectivity index (χ1n) is 39.5. The lowest BCUT2D eigenvalue weighted by atomic mass is 10.00. The van der Waals surface area contributed by atoms with E-state index in [1.165, 1.54) is 205 Å². The second-order valence-corrected chi connectivity index (χ2v) is 31.0. The fraction of sp³-hybridized carbons (Fsp3) is 0.947. The SMILES string of the molecule is CCCCCCCCCCCCCCCCCCCC(=O)OC[C@H](COP(=O)(O)OC[C@@H](O)COP(=O)(O)OC[C@@H](COC(=O)CCCCCCCCC(C)CC)OC(=O)CCCCCCCCCCC(C)C)OC(=O)CCCCCCCCCCCCCCCCCCC. The summed E-state index contributed by atoms with van der Waals surface area (Å²) in [5.41, 5.74) is 0. The predicted octanol–water partition coefficient (Wildman–Crippen LogP) is 22.3. The standard InChI is InChI=1S/C76H148O17P2/c1-7-10-12-14-16-18-20-22-24-26-28-30-32-34-39-46-52-58-73(78)86-64-71(92-75(80)60-54-48-40-35-33-31-29-27-25-23-21-19-17-15-13-11-8-2)66-90-94(82,83)88-62-70(77)63-89-95(84,85)91-67-72(65-87-74(79)59-53-47-43-42-45-51-57-69(6)9-3)93-76(81)61-55-49-41-37-36-38-44-50-56-68(4)5/h68-72,77H,7-67H2,1-6H3,(H,82,83)(H,84,85)/t69?,70-,71-,72-/m1/s1. The second kappa shape index (κ2) is 67.9. The van der Waals surface area contributed by atoms with Gasteiger partial charge in [0.15, 0.2) is 12.2 Å². The van der Waals surface area contributed by atoms with Gasteiger partial charge in [-0.2, -0.15) is 0 Å². The van der Waals surface area contributed by atoms with Gasteiger partial charge in [0.25, 0.3) is 0 Å². The summed E-state index contributed by atoms with van der Waals surface area (Å²) in [7, 11) is -9.91. The topological polar surface area (TPSA) is 237 Å². The van der Waals surface area contributed by atoms with Crippen LogP contribution in [0.25, 0.3) is 0 Å². The Kier molecular flexibility index (Phi) is 66.5. The molecule has 0 aromatic rings. The molecule has 0 spiro atoms. The Morgan fingerprint density at radius 1 is 0.305 bits per heavy atom. The summed E-state index contributed by atoms with van der Waals surface area (Å²) in [5.74, 6) is -0.669. The molecule has 95 heavy (non-hydrogen) atoms. The maximum absolute atomic E-state index is 13.1. The molecule has 17 nitrogen and oxygen atoms in total. The molecular weight excluding hydrogens is 1250 g/mol. The molecule has 0 radical (unpaired) electrons. The number of phosphoric ester groups is 2. The summed E-state index contributed by atoms with van der Waals surface area (Å²) in [6.45, 7) is 9.52. The number of hydrogen-bond acceptors (Lipinski definition) is 15. The van der Waals surface area contributed by atoms with Crippen molar-refractivity contribution in [1.29, 1.82) is 0 Å². The van der Waals surface area contributed by atoms with Crippen molar-refractivity contribution in [2.75, 3.05) is 39.6 Å². The van der Waals surface area contributed by atoms with E-state index in [1.54, 1.807) is 0 Å². The normalized spacial score (nSPS) is 14.3. The van der Waals surface area contributed by atoms with Gasteiger partial charge in [0.05, 0.1) is 26.4 Å². The Balaban J connectivity index is 5.23. The number of aliphatic hydroxyl groups excluding tert-OH is 1. The largest absolute Gasteiger partial charge is 0.472 e. The molecule has 19 heteroatoms. The van der Waals surface area contributed by atoms with Crippen molar-refractivity contribution in [1.82, 2.24) is 0 Å². The third-order valence-corrected chi connectivity index (χ3v) is 20.0. The van der Waals surface area contributed by atoms with Gasteiger partial charge in [-0.1, -0.05) is 343 Å². The van der Waals surface area contributed by atoms with Crippen molar-refractivity contribution in [3.63, 3.8) is 0 Å². The fourth-order valence-electron chi connectivity index (χ4n) is 11.6. The summed E-state index contributed by atoms with van der Waals surface area (Å²) in [5, 5.41) is 10.6. The van der Waals surface area contributed by atoms with Gasteiger partial charge < -0.3 is 33.8 Å². The van der Waals surface area contributed by atoms with Crippen molar-refractivity contribution in [2.24, 2.45) is 11.8 Å². The molecule has 0 aliphatic carbocycles. The minimum absolute atomic E-state index is 0.104. The van der Waals surface area contributed by atoms with Crippen LogP contribution in [0.2, 0.25) is 0 Å². The minimum atomic E-state index is -4.96. The lowest BCUT2D eigenvalue weighted by Gasteiger charge is -2.21. The lowest BCUT2D eigenvalue weighted by Crippen LogP contribution is -2.30. The van der Waals surface area contributed by atoms with Crippen LogP contribution in [0.1, 0.15) is 395 Å². The number of aliphatic hydroxyl groups is 1. The summed E-state index contributed by atoms with van der Waals surface area (Å²) in [4.78, 5) is 72.8. The van der Waals surface area contributed by atoms with Crippen LogP contribution in [0, 0.1) is 11.8 Å². The number of unbranched alkanes of at least 4 members (excludes halogenated alkanes) is 44. The molecule has 0 aromatic carbocycles. The molecule has 6 atom stereocenters. The van der Waals surface area contributed by atoms with Crippen LogP contribution in [0.3, 0.4) is 0 Å². The Hall–Kier alpha value is -1.94. The monoisotopic (exact) mass is 1400 g/mol. The number of esters is 4. The molecule has 3 N–H and O–H groups in total. The minimum Gasteiger partial charge on any atom is -0.462 e. The predicted molar refractivity (Wildman–Crippen MR) is 386 cm³/mol. The van der Waals surface area contributed by atoms with E-state index in [2.05, 4.69) is 41.5 Å². The van der Waals surface area contributed by atoms with E-state index in [-0.39, 0.29) is 25.7 Å². The molecule has 0 aliphatic rings. The van der Waals surface area contributed by atoms with Crippen LogP contribution in [0.5, 0.6) is 0 Å². The molecule has 0 aromatic heterocycles. The molecule has 0 saturated carbocycles. The van der Waals surface area contributed by atoms with Crippen molar-refractivity contribution in [2.45, 2.75) is 413 Å². The van der Waals surface area contributed by atoms with Crippen LogP contribution in [0.4, 0.5) is 0 Å². The zero-order valence-electron chi connectivity index (χ0n) is 62.0. The molecular formula is C76H148O17P2. The van der Waals surface area contributed by atoms with Gasteiger partial charge in [0.2, 0.25) is 0 Å². The third kappa shape index (κ3) is 69.0. The van der Waals surface area contributed by atoms with Gasteiger partial charge in [0, 0.05) is 25.7 Å². The fourth-order valence-corrected chi connectivity index (χ4v) is 13.2. The zero-order valence-corrected chi connectivity index (χ0v) is 63.8. The van der Waals surface area contributed by atoms with Crippen molar-refractivity contribution < 1.29 is 80.2 Å². The quantitative estimate of drug-likeness (QED) is 0.0222. The highest BCUT2D eigenvalue weighted by Gasteiger charge is 2.30. The van der Waals surface area contributed by atoms with Crippen molar-refractivity contribution in [3.05, 3.63) is 0 Å². The van der Waals surface area contributed by atoms with Crippen LogP contribution in [-0.2, 0) is 65.4 Å². The van der Waals surface area contributed by atoms with Crippen LogP contribution in [0.15, 0.2) is 0 Å². The molecule has 0 bridgehead atoms. The maximum Gasteiger partial charge on any atom is 0.472 e. The Labute approximate surface area is 581 Å². The summed E-state index contributed by atoms with van der Waals surface area (Å²) in [6.07, 6.45) is 55.6. The highest BCUT2D eigenvalue weighted by molar-refractivity contribution is 7.47. The van der Waals surface area contributed by atoms with Gasteiger partial charge in [-0.15, -0.1) is 0 Å². The van der Waals surface area contributed by atoms with Gasteiger partial charge >= 0.3 is 39.5 Å². The van der Waals surface area contributed by atoms with Gasteiger partial charge in [-0.3, -0.25) is 37.3 Å². The number of phosphoric acid groups is 2. The number of carbonyl (C=O) groups is 4. The summed E-state index contributed by atoms with van der Waals surface area (Å²) in [6, 6.07) is 0. The van der Waals surface area contributed by atoms with E-state index >= 15 is 0 Å². The van der Waals surface area contributed by atoms with Crippen molar-refractivity contribution >= 4 is 39.5 Å². The Morgan fingerprint density at radius 2 is 0.537 bits per heavy atom. The maximum atomic E-state index is 13.1. The molecule has 0 aliphatic heterocycles. The molecule has 3 unspecified atom stereocenters. The van der Waals surface area contributed by atoms with Crippen LogP contribution in [-0.4, -0.2) is 96.7 Å². The van der Waals surface area contributed by atoms with Crippen LogP contribution >= 0.6 is 15.6 Å². The first-order chi connectivity index (χ1) is 45.9. The van der Waals surface area contributed by atoms with Crippen molar-refractivity contribution in [3.8, 4) is 0 Å². The Bertz CT molecular complexity index is 1840. The molecule has 0 saturated heterocycles. The highest BCUT2D eigenvalue weighted by Crippen LogP contribution is 2.45. The van der Waals surface area contributed by atoms with E-state index in [4.69, 9.17) is 37.0 Å². The summed E-state index contributed by atoms with van der Waals surface area (Å²) < 4.78 is 68.5. The zero-order chi connectivity index (χ0) is 70.0. The molecule has 0 fully saturated rings. The number of rotatable bonds is 75. The molecule has 0 amide bonds. The van der Waals surface area contributed by atoms with E-state index in [9.17, 15) is 43.2 Å². The summed E-state index contributed by atoms with van der Waals surface area (Å²) >= 11 is 0.